The number of hydrogen-bond donors (Lipinski definition) is 0. The Balaban J connectivity index is 1.46. The van der Waals surface area contributed by atoms with Crippen LogP contribution in [0.2, 0.25) is 0 Å². The topological polar surface area (TPSA) is 48.0 Å². The van der Waals surface area contributed by atoms with E-state index in [1.807, 2.05) is 6.07 Å². The molecule has 1 amide bonds. The molecule has 0 unspecified atom stereocenters. The summed E-state index contributed by atoms with van der Waals surface area (Å²) in [7, 11) is 1.55. The highest BCUT2D eigenvalue weighted by atomic mass is 32.2. The van der Waals surface area contributed by atoms with Gasteiger partial charge < -0.3 is 14.2 Å². The lowest BCUT2D eigenvalue weighted by molar-refractivity contribution is -0.123. The number of nitrogens with zero attached hydrogens (tertiary/aromatic N) is 1. The van der Waals surface area contributed by atoms with Crippen LogP contribution in [0, 0.1) is 5.82 Å². The van der Waals surface area contributed by atoms with Crippen molar-refractivity contribution in [3.63, 3.8) is 0 Å². The van der Waals surface area contributed by atoms with Crippen LogP contribution in [-0.2, 0) is 16.1 Å². The summed E-state index contributed by atoms with van der Waals surface area (Å²) in [5.74, 6) is 0.658. The lowest BCUT2D eigenvalue weighted by Gasteiger charge is -2.18. The minimum Gasteiger partial charge on any atom is -0.493 e. The number of hydrogen-bond acceptors (Lipinski definition) is 6. The second-order valence-corrected chi connectivity index (χ2v) is 8.93. The van der Waals surface area contributed by atoms with Gasteiger partial charge in [0, 0.05) is 6.61 Å². The molecule has 1 atom stereocenters. The van der Waals surface area contributed by atoms with E-state index in [-0.39, 0.29) is 24.4 Å². The maximum absolute atomic E-state index is 13.3. The molecule has 5 nitrogen and oxygen atoms in total. The van der Waals surface area contributed by atoms with Gasteiger partial charge >= 0.3 is 0 Å². The van der Waals surface area contributed by atoms with Gasteiger partial charge in [0.2, 0.25) is 0 Å². The fraction of sp³-hybridized carbons (Fsp3) is 0.304. The average Bonchev–Trinajstić information content (AvgIpc) is 3.37. The van der Waals surface area contributed by atoms with E-state index in [2.05, 4.69) is 0 Å². The molecule has 2 aliphatic heterocycles. The van der Waals surface area contributed by atoms with Crippen LogP contribution in [0.25, 0.3) is 6.08 Å². The SMILES string of the molecule is COc1cc(/C=C2\SC(=S)N(C[C@@H]3CCCO3)C2=O)ccc1OCc1cccc(F)c1. The molecule has 0 N–H and O–H groups in total. The smallest absolute Gasteiger partial charge is 0.266 e. The second kappa shape index (κ2) is 9.80. The predicted octanol–water partition coefficient (Wildman–Crippen LogP) is 4.79. The lowest BCUT2D eigenvalue weighted by atomic mass is 10.1. The van der Waals surface area contributed by atoms with E-state index in [0.29, 0.717) is 27.3 Å². The predicted molar refractivity (Wildman–Crippen MR) is 123 cm³/mol. The van der Waals surface area contributed by atoms with Crippen molar-refractivity contribution in [2.75, 3.05) is 20.3 Å². The number of thioether (sulfide) groups is 1. The highest BCUT2D eigenvalue weighted by Crippen LogP contribution is 2.35. The summed E-state index contributed by atoms with van der Waals surface area (Å²) in [6.07, 6.45) is 3.82. The van der Waals surface area contributed by atoms with Crippen LogP contribution >= 0.6 is 24.0 Å². The average molecular weight is 460 g/mol. The van der Waals surface area contributed by atoms with Gasteiger partial charge in [-0.15, -0.1) is 0 Å². The highest BCUT2D eigenvalue weighted by Gasteiger charge is 2.34. The Kier molecular flexibility index (Phi) is 6.89. The third kappa shape index (κ3) is 5.26. The summed E-state index contributed by atoms with van der Waals surface area (Å²) in [5, 5.41) is 0. The normalized spacial score (nSPS) is 20.0. The summed E-state index contributed by atoms with van der Waals surface area (Å²) < 4.78 is 30.8. The van der Waals surface area contributed by atoms with Crippen molar-refractivity contribution in [2.45, 2.75) is 25.6 Å². The molecule has 0 spiro atoms. The first-order chi connectivity index (χ1) is 15.0. The van der Waals surface area contributed by atoms with Crippen molar-refractivity contribution in [1.29, 1.82) is 0 Å². The summed E-state index contributed by atoms with van der Waals surface area (Å²) in [4.78, 5) is 15.0. The molecule has 31 heavy (non-hydrogen) atoms. The van der Waals surface area contributed by atoms with Gasteiger partial charge in [0.05, 0.1) is 24.7 Å². The summed E-state index contributed by atoms with van der Waals surface area (Å²) in [6, 6.07) is 11.7. The standard InChI is InChI=1S/C23H22FNO4S2/c1-27-20-11-15(7-8-19(20)29-14-16-4-2-5-17(24)10-16)12-21-22(26)25(23(30)31-21)13-18-6-3-9-28-18/h2,4-5,7-8,10-12,18H,3,6,9,13-14H2,1H3/b21-12-/t18-/m0/s1. The first kappa shape index (κ1) is 21.8. The van der Waals surface area contributed by atoms with E-state index in [1.165, 1.54) is 23.9 Å². The molecule has 162 valence electrons. The van der Waals surface area contributed by atoms with Gasteiger partial charge in [-0.2, -0.15) is 0 Å². The highest BCUT2D eigenvalue weighted by molar-refractivity contribution is 8.26. The third-order valence-corrected chi connectivity index (χ3v) is 6.43. The van der Waals surface area contributed by atoms with Crippen LogP contribution in [-0.4, -0.2) is 41.5 Å². The molecule has 8 heteroatoms. The monoisotopic (exact) mass is 459 g/mol. The number of carbonyl (C=O) groups is 1. The van der Waals surface area contributed by atoms with Crippen molar-refractivity contribution >= 4 is 40.3 Å². The summed E-state index contributed by atoms with van der Waals surface area (Å²) in [5.41, 5.74) is 1.52. The first-order valence-electron chi connectivity index (χ1n) is 9.96. The molecule has 0 saturated carbocycles. The van der Waals surface area contributed by atoms with E-state index < -0.39 is 0 Å². The Hall–Kier alpha value is -2.42. The Morgan fingerprint density at radius 1 is 1.29 bits per heavy atom. The van der Waals surface area contributed by atoms with Crippen molar-refractivity contribution in [2.24, 2.45) is 0 Å². The minimum atomic E-state index is -0.305. The fourth-order valence-electron chi connectivity index (χ4n) is 3.48. The van der Waals surface area contributed by atoms with Crippen LogP contribution in [0.3, 0.4) is 0 Å². The molecular formula is C23H22FNO4S2. The first-order valence-corrected chi connectivity index (χ1v) is 11.2. The Morgan fingerprint density at radius 3 is 2.90 bits per heavy atom. The van der Waals surface area contributed by atoms with Gasteiger partial charge in [-0.05, 0) is 54.3 Å². The molecule has 0 aromatic heterocycles. The number of halogens is 1. The molecule has 2 fully saturated rings. The second-order valence-electron chi connectivity index (χ2n) is 7.26. The maximum atomic E-state index is 13.3. The number of rotatable bonds is 7. The van der Waals surface area contributed by atoms with Crippen molar-refractivity contribution in [3.05, 3.63) is 64.3 Å². The fourth-order valence-corrected chi connectivity index (χ4v) is 4.76. The van der Waals surface area contributed by atoms with Gasteiger partial charge in [0.1, 0.15) is 16.7 Å². The number of thiocarbonyl (C=S) groups is 1. The van der Waals surface area contributed by atoms with Gasteiger partial charge in [-0.1, -0.05) is 42.2 Å². The summed E-state index contributed by atoms with van der Waals surface area (Å²) >= 11 is 6.70. The van der Waals surface area contributed by atoms with Gasteiger partial charge in [0.15, 0.2) is 11.5 Å². The van der Waals surface area contributed by atoms with Gasteiger partial charge in [0.25, 0.3) is 5.91 Å². The van der Waals surface area contributed by atoms with E-state index in [0.717, 1.165) is 30.6 Å². The zero-order chi connectivity index (χ0) is 21.8. The molecule has 0 aliphatic carbocycles. The minimum absolute atomic E-state index is 0.0523. The molecule has 2 heterocycles. The van der Waals surface area contributed by atoms with E-state index in [1.54, 1.807) is 42.4 Å². The number of carbonyl (C=O) groups excluding carboxylic acids is 1. The van der Waals surface area contributed by atoms with Crippen LogP contribution in [0.5, 0.6) is 11.5 Å². The molecule has 0 radical (unpaired) electrons. The molecule has 0 bridgehead atoms. The molecule has 2 aromatic carbocycles. The zero-order valence-corrected chi connectivity index (χ0v) is 18.6. The van der Waals surface area contributed by atoms with Crippen LogP contribution in [0.1, 0.15) is 24.0 Å². The van der Waals surface area contributed by atoms with E-state index in [4.69, 9.17) is 26.4 Å². The lowest BCUT2D eigenvalue weighted by Crippen LogP contribution is -2.35. The number of benzene rings is 2. The molecule has 4 rings (SSSR count). The van der Waals surface area contributed by atoms with Gasteiger partial charge in [-0.3, -0.25) is 9.69 Å². The Morgan fingerprint density at radius 2 is 2.16 bits per heavy atom. The number of ether oxygens (including phenoxy) is 3. The van der Waals surface area contributed by atoms with Crippen LogP contribution in [0.15, 0.2) is 47.4 Å². The van der Waals surface area contributed by atoms with E-state index in [9.17, 15) is 9.18 Å². The van der Waals surface area contributed by atoms with E-state index >= 15 is 0 Å². The molecule has 2 aliphatic rings. The quantitative estimate of drug-likeness (QED) is 0.438. The summed E-state index contributed by atoms with van der Waals surface area (Å²) in [6.45, 7) is 1.45. The third-order valence-electron chi connectivity index (χ3n) is 5.05. The molecule has 2 aromatic rings. The largest absolute Gasteiger partial charge is 0.493 e. The Labute approximate surface area is 190 Å². The van der Waals surface area contributed by atoms with Crippen molar-refractivity contribution < 1.29 is 23.4 Å². The van der Waals surface area contributed by atoms with Crippen molar-refractivity contribution in [1.82, 2.24) is 4.90 Å². The maximum Gasteiger partial charge on any atom is 0.266 e. The molecular weight excluding hydrogens is 437 g/mol. The van der Waals surface area contributed by atoms with Crippen LogP contribution in [0.4, 0.5) is 4.39 Å². The molecule has 2 saturated heterocycles. The zero-order valence-electron chi connectivity index (χ0n) is 17.0. The van der Waals surface area contributed by atoms with Crippen molar-refractivity contribution in [3.8, 4) is 11.5 Å². The van der Waals surface area contributed by atoms with Gasteiger partial charge in [-0.25, -0.2) is 4.39 Å². The van der Waals surface area contributed by atoms with Crippen LogP contribution < -0.4 is 9.47 Å². The number of methoxy groups -OCH3 is 1. The Bertz CT molecular complexity index is 1020. The number of amides is 1.